The smallest absolute Gasteiger partial charge is 0.249 e. The highest BCUT2D eigenvalue weighted by Crippen LogP contribution is 2.21. The number of aryl methyl sites for hydroxylation is 1. The molecular formula is C18H23N3O2. The number of carbonyl (C=O) groups excluding carboxylic acids is 1. The van der Waals surface area contributed by atoms with Crippen molar-refractivity contribution in [2.75, 3.05) is 6.61 Å². The van der Waals surface area contributed by atoms with E-state index in [0.29, 0.717) is 19.1 Å². The molecule has 122 valence electrons. The zero-order valence-electron chi connectivity index (χ0n) is 13.7. The quantitative estimate of drug-likeness (QED) is 0.943. The normalized spacial score (nSPS) is 21.1. The lowest BCUT2D eigenvalue weighted by atomic mass is 9.97. The first-order valence-corrected chi connectivity index (χ1v) is 8.09. The Morgan fingerprint density at radius 2 is 2.30 bits per heavy atom. The van der Waals surface area contributed by atoms with Crippen molar-refractivity contribution in [2.45, 2.75) is 32.4 Å². The Morgan fingerprint density at radius 3 is 3.04 bits per heavy atom. The standard InChI is InChI=1S/C18H23N3O2/c1-13-6-7-23-17(8-13)18(22)19-10-14-4-3-5-15(9-14)16-11-20-21(2)12-16/h3-5,9,11-13,17H,6-8,10H2,1-2H3,(H,19,22)/t13-,17-/m0/s1. The summed E-state index contributed by atoms with van der Waals surface area (Å²) in [7, 11) is 1.90. The van der Waals surface area contributed by atoms with Crippen molar-refractivity contribution in [3.05, 3.63) is 42.2 Å². The number of carbonyl (C=O) groups is 1. The van der Waals surface area contributed by atoms with Gasteiger partial charge in [0.1, 0.15) is 6.10 Å². The Hall–Kier alpha value is -2.14. The summed E-state index contributed by atoms with van der Waals surface area (Å²) >= 11 is 0. The SMILES string of the molecule is C[C@H]1CCO[C@H](C(=O)NCc2cccc(-c3cnn(C)c3)c2)C1. The van der Waals surface area contributed by atoms with Gasteiger partial charge in [-0.05, 0) is 36.0 Å². The van der Waals surface area contributed by atoms with Crippen LogP contribution in [-0.2, 0) is 23.1 Å². The molecule has 2 heterocycles. The number of benzene rings is 1. The molecule has 1 N–H and O–H groups in total. The molecule has 0 bridgehead atoms. The molecule has 0 aliphatic carbocycles. The number of amides is 1. The molecule has 1 aliphatic rings. The Morgan fingerprint density at radius 1 is 1.43 bits per heavy atom. The lowest BCUT2D eigenvalue weighted by Crippen LogP contribution is -2.39. The first-order valence-electron chi connectivity index (χ1n) is 8.09. The monoisotopic (exact) mass is 313 g/mol. The van der Waals surface area contributed by atoms with Crippen LogP contribution in [0.15, 0.2) is 36.7 Å². The molecule has 1 fully saturated rings. The maximum Gasteiger partial charge on any atom is 0.249 e. The molecule has 0 saturated carbocycles. The molecule has 1 aliphatic heterocycles. The molecule has 1 saturated heterocycles. The zero-order valence-corrected chi connectivity index (χ0v) is 13.7. The minimum absolute atomic E-state index is 0.0108. The highest BCUT2D eigenvalue weighted by atomic mass is 16.5. The van der Waals surface area contributed by atoms with Crippen LogP contribution in [-0.4, -0.2) is 28.4 Å². The van der Waals surface area contributed by atoms with Gasteiger partial charge in [0.15, 0.2) is 0 Å². The third-order valence-corrected chi connectivity index (χ3v) is 4.27. The first-order chi connectivity index (χ1) is 11.1. The van der Waals surface area contributed by atoms with Crippen molar-refractivity contribution in [1.29, 1.82) is 0 Å². The zero-order chi connectivity index (χ0) is 16.2. The Kier molecular flexibility index (Phi) is 4.76. The van der Waals surface area contributed by atoms with Gasteiger partial charge in [-0.3, -0.25) is 9.48 Å². The molecule has 0 unspecified atom stereocenters. The predicted octanol–water partition coefficient (Wildman–Crippen LogP) is 2.52. The molecule has 3 rings (SSSR count). The summed E-state index contributed by atoms with van der Waals surface area (Å²) in [5.41, 5.74) is 3.25. The molecule has 2 aromatic rings. The van der Waals surface area contributed by atoms with E-state index in [-0.39, 0.29) is 12.0 Å². The fourth-order valence-electron chi connectivity index (χ4n) is 2.88. The van der Waals surface area contributed by atoms with E-state index in [2.05, 4.69) is 23.4 Å². The number of nitrogens with one attached hydrogen (secondary N) is 1. The van der Waals surface area contributed by atoms with Crippen LogP contribution in [0.4, 0.5) is 0 Å². The van der Waals surface area contributed by atoms with Crippen molar-refractivity contribution < 1.29 is 9.53 Å². The third kappa shape index (κ3) is 3.99. The summed E-state index contributed by atoms with van der Waals surface area (Å²) in [5, 5.41) is 7.18. The molecule has 23 heavy (non-hydrogen) atoms. The van der Waals surface area contributed by atoms with Crippen LogP contribution in [0.25, 0.3) is 11.1 Å². The molecule has 1 amide bonds. The van der Waals surface area contributed by atoms with Gasteiger partial charge in [-0.2, -0.15) is 5.10 Å². The second-order valence-electron chi connectivity index (χ2n) is 6.31. The van der Waals surface area contributed by atoms with Crippen molar-refractivity contribution in [3.8, 4) is 11.1 Å². The molecule has 1 aromatic heterocycles. The predicted molar refractivity (Wildman–Crippen MR) is 88.6 cm³/mol. The lowest BCUT2D eigenvalue weighted by molar-refractivity contribution is -0.137. The van der Waals surface area contributed by atoms with Gasteiger partial charge in [0.25, 0.3) is 0 Å². The number of hydrogen-bond acceptors (Lipinski definition) is 3. The summed E-state index contributed by atoms with van der Waals surface area (Å²) in [6.07, 6.45) is 5.36. The number of ether oxygens (including phenoxy) is 1. The fourth-order valence-corrected chi connectivity index (χ4v) is 2.88. The van der Waals surface area contributed by atoms with Gasteiger partial charge in [-0.1, -0.05) is 25.1 Å². The van der Waals surface area contributed by atoms with Crippen molar-refractivity contribution >= 4 is 5.91 Å². The van der Waals surface area contributed by atoms with Crippen LogP contribution < -0.4 is 5.32 Å². The second-order valence-corrected chi connectivity index (χ2v) is 6.31. The maximum absolute atomic E-state index is 12.2. The van der Waals surface area contributed by atoms with Gasteiger partial charge in [0, 0.05) is 32.0 Å². The fraction of sp³-hybridized carbons (Fsp3) is 0.444. The Bertz CT molecular complexity index is 680. The molecule has 2 atom stereocenters. The summed E-state index contributed by atoms with van der Waals surface area (Å²) in [5.74, 6) is 0.539. The van der Waals surface area contributed by atoms with Crippen molar-refractivity contribution in [2.24, 2.45) is 13.0 Å². The largest absolute Gasteiger partial charge is 0.368 e. The summed E-state index contributed by atoms with van der Waals surface area (Å²) in [6.45, 7) is 3.36. The molecule has 1 aromatic carbocycles. The minimum atomic E-state index is -0.305. The summed E-state index contributed by atoms with van der Waals surface area (Å²) in [4.78, 5) is 12.2. The second kappa shape index (κ2) is 6.96. The van der Waals surface area contributed by atoms with Crippen LogP contribution in [0.5, 0.6) is 0 Å². The van der Waals surface area contributed by atoms with Crippen molar-refractivity contribution in [1.82, 2.24) is 15.1 Å². The first kappa shape index (κ1) is 15.7. The molecule has 5 heteroatoms. The van der Waals surface area contributed by atoms with Gasteiger partial charge in [-0.25, -0.2) is 0 Å². The van der Waals surface area contributed by atoms with E-state index in [1.54, 1.807) is 4.68 Å². The van der Waals surface area contributed by atoms with Crippen molar-refractivity contribution in [3.63, 3.8) is 0 Å². The van der Waals surface area contributed by atoms with Crippen LogP contribution in [0.3, 0.4) is 0 Å². The molecule has 0 spiro atoms. The van der Waals surface area contributed by atoms with Gasteiger partial charge < -0.3 is 10.1 Å². The number of nitrogens with zero attached hydrogens (tertiary/aromatic N) is 2. The summed E-state index contributed by atoms with van der Waals surface area (Å²) in [6, 6.07) is 8.16. The number of aromatic nitrogens is 2. The average Bonchev–Trinajstić information content (AvgIpc) is 2.99. The van der Waals surface area contributed by atoms with E-state index in [4.69, 9.17) is 4.74 Å². The molecule has 5 nitrogen and oxygen atoms in total. The van der Waals surface area contributed by atoms with E-state index < -0.39 is 0 Å². The molecular weight excluding hydrogens is 290 g/mol. The van der Waals surface area contributed by atoms with Gasteiger partial charge in [0.2, 0.25) is 5.91 Å². The van der Waals surface area contributed by atoms with Crippen LogP contribution in [0.2, 0.25) is 0 Å². The van der Waals surface area contributed by atoms with E-state index >= 15 is 0 Å². The number of hydrogen-bond donors (Lipinski definition) is 1. The van der Waals surface area contributed by atoms with E-state index in [9.17, 15) is 4.79 Å². The Balaban J connectivity index is 1.61. The van der Waals surface area contributed by atoms with E-state index in [0.717, 1.165) is 29.5 Å². The maximum atomic E-state index is 12.2. The van der Waals surface area contributed by atoms with Crippen LogP contribution in [0, 0.1) is 5.92 Å². The highest BCUT2D eigenvalue weighted by molar-refractivity contribution is 5.80. The third-order valence-electron chi connectivity index (χ3n) is 4.27. The van der Waals surface area contributed by atoms with Crippen LogP contribution >= 0.6 is 0 Å². The van der Waals surface area contributed by atoms with Gasteiger partial charge in [-0.15, -0.1) is 0 Å². The average molecular weight is 313 g/mol. The van der Waals surface area contributed by atoms with E-state index in [1.165, 1.54) is 0 Å². The molecule has 0 radical (unpaired) electrons. The number of rotatable bonds is 4. The lowest BCUT2D eigenvalue weighted by Gasteiger charge is -2.26. The van der Waals surface area contributed by atoms with Gasteiger partial charge >= 0.3 is 0 Å². The highest BCUT2D eigenvalue weighted by Gasteiger charge is 2.25. The minimum Gasteiger partial charge on any atom is -0.368 e. The summed E-state index contributed by atoms with van der Waals surface area (Å²) < 4.78 is 7.35. The van der Waals surface area contributed by atoms with Gasteiger partial charge in [0.05, 0.1) is 6.20 Å². The van der Waals surface area contributed by atoms with Crippen LogP contribution in [0.1, 0.15) is 25.3 Å². The topological polar surface area (TPSA) is 56.1 Å². The van der Waals surface area contributed by atoms with E-state index in [1.807, 2.05) is 37.6 Å². The Labute approximate surface area is 136 Å².